The van der Waals surface area contributed by atoms with Crippen molar-refractivity contribution in [2.75, 3.05) is 32.6 Å². The number of aliphatic hydroxyl groups is 1. The Morgan fingerprint density at radius 1 is 1.24 bits per heavy atom. The molecule has 34 heavy (non-hydrogen) atoms. The van der Waals surface area contributed by atoms with Crippen LogP contribution in [-0.4, -0.2) is 77.0 Å². The lowest BCUT2D eigenvalue weighted by atomic mass is 9.91. The topological polar surface area (TPSA) is 137 Å². The monoisotopic (exact) mass is 489 g/mol. The Bertz CT molecular complexity index is 1130. The number of aliphatic hydroxyl groups excluding tert-OH is 1. The lowest BCUT2D eigenvalue weighted by molar-refractivity contribution is -0.816. The molecule has 2 aromatic heterocycles. The minimum atomic E-state index is -2.23. The molecule has 1 aliphatic carbocycles. The summed E-state index contributed by atoms with van der Waals surface area (Å²) in [6, 6.07) is 7.91. The first-order valence-corrected chi connectivity index (χ1v) is 12.4. The molecular weight excluding hydrogens is 458 g/mol. The van der Waals surface area contributed by atoms with Gasteiger partial charge in [0.2, 0.25) is 5.95 Å². The largest absolute Gasteiger partial charge is 0.723 e. The highest BCUT2D eigenvalue weighted by Crippen LogP contribution is 2.27. The van der Waals surface area contributed by atoms with Crippen molar-refractivity contribution in [2.45, 2.75) is 44.2 Å². The molecule has 1 unspecified atom stereocenters. The molecule has 0 spiro atoms. The zero-order chi connectivity index (χ0) is 24.1. The first-order chi connectivity index (χ1) is 16.4. The molecule has 1 saturated carbocycles. The molecule has 0 amide bonds. The number of nitrogens with one attached hydrogen (secondary N) is 2. The molecule has 1 aromatic carbocycles. The molecule has 12 heteroatoms. The van der Waals surface area contributed by atoms with Crippen LogP contribution in [0.15, 0.2) is 36.7 Å². The van der Waals surface area contributed by atoms with E-state index in [2.05, 4.69) is 25.8 Å². The zero-order valence-electron chi connectivity index (χ0n) is 19.4. The van der Waals surface area contributed by atoms with Crippen LogP contribution in [0.5, 0.6) is 5.75 Å². The average Bonchev–Trinajstić information content (AvgIpc) is 3.26. The van der Waals surface area contributed by atoms with Gasteiger partial charge in [-0.3, -0.25) is 0 Å². The van der Waals surface area contributed by atoms with Gasteiger partial charge in [-0.25, -0.2) is 13.9 Å². The predicted molar refractivity (Wildman–Crippen MR) is 128 cm³/mol. The highest BCUT2D eigenvalue weighted by Gasteiger charge is 2.28. The Hall–Kier alpha value is -2.64. The number of fused-ring (bicyclic) bond motifs is 1. The van der Waals surface area contributed by atoms with Crippen LogP contribution in [0, 0.1) is 0 Å². The van der Waals surface area contributed by atoms with Gasteiger partial charge in [0.15, 0.2) is 17.1 Å². The zero-order valence-corrected chi connectivity index (χ0v) is 20.2. The second kappa shape index (κ2) is 10.7. The summed E-state index contributed by atoms with van der Waals surface area (Å²) in [7, 11) is 3.24. The Labute approximate surface area is 201 Å². The van der Waals surface area contributed by atoms with Gasteiger partial charge in [-0.05, 0) is 37.8 Å². The van der Waals surface area contributed by atoms with E-state index in [0.717, 1.165) is 42.3 Å². The molecule has 0 bridgehead atoms. The van der Waals surface area contributed by atoms with Crippen molar-refractivity contribution in [1.82, 2.24) is 25.2 Å². The van der Waals surface area contributed by atoms with Gasteiger partial charge in [0, 0.05) is 31.3 Å². The Morgan fingerprint density at radius 2 is 2.00 bits per heavy atom. The molecule has 3 aromatic rings. The molecule has 0 aliphatic heterocycles. The third-order valence-corrected chi connectivity index (χ3v) is 6.77. The van der Waals surface area contributed by atoms with Crippen molar-refractivity contribution in [2.24, 2.45) is 0 Å². The molecule has 184 valence electrons. The lowest BCUT2D eigenvalue weighted by Crippen LogP contribution is -2.57. The van der Waals surface area contributed by atoms with Crippen molar-refractivity contribution in [3.8, 4) is 11.6 Å². The Kier molecular flexibility index (Phi) is 7.73. The van der Waals surface area contributed by atoms with E-state index in [9.17, 15) is 8.76 Å². The average molecular weight is 490 g/mol. The lowest BCUT2D eigenvalue weighted by Gasteiger charge is -2.36. The maximum Gasteiger partial charge on any atom is 0.224 e. The number of hydrogen-bond acceptors (Lipinski definition) is 9. The summed E-state index contributed by atoms with van der Waals surface area (Å²) < 4.78 is 30.0. The molecule has 0 saturated heterocycles. The number of rotatable bonds is 10. The Balaban J connectivity index is 1.42. The van der Waals surface area contributed by atoms with Crippen LogP contribution in [0.2, 0.25) is 0 Å². The van der Waals surface area contributed by atoms with Crippen molar-refractivity contribution in [1.29, 1.82) is 0 Å². The third kappa shape index (κ3) is 5.70. The normalized spacial score (nSPS) is 19.8. The van der Waals surface area contributed by atoms with E-state index in [4.69, 9.17) is 9.84 Å². The van der Waals surface area contributed by atoms with E-state index < -0.39 is 11.3 Å². The number of aromatic nitrogens is 4. The van der Waals surface area contributed by atoms with Gasteiger partial charge < -0.3 is 19.7 Å². The SMILES string of the molecule is C[N+](C)(NC1CCC(Nc2nccc(-n3ncc4c(OCCCO)cccc43)n2)CC1)S(=O)[O-]. The van der Waals surface area contributed by atoms with Crippen LogP contribution >= 0.6 is 0 Å². The molecule has 0 radical (unpaired) electrons. The van der Waals surface area contributed by atoms with Gasteiger partial charge in [0.25, 0.3) is 0 Å². The van der Waals surface area contributed by atoms with Crippen molar-refractivity contribution < 1.29 is 22.6 Å². The highest BCUT2D eigenvalue weighted by molar-refractivity contribution is 7.73. The molecule has 2 heterocycles. The number of quaternary nitrogens is 1. The Morgan fingerprint density at radius 3 is 2.74 bits per heavy atom. The number of anilines is 1. The smallest absolute Gasteiger partial charge is 0.224 e. The number of benzene rings is 1. The summed E-state index contributed by atoms with van der Waals surface area (Å²) in [5.41, 5.74) is 4.05. The van der Waals surface area contributed by atoms with Gasteiger partial charge in [-0.1, -0.05) is 6.07 Å². The van der Waals surface area contributed by atoms with Crippen molar-refractivity contribution in [3.63, 3.8) is 0 Å². The molecule has 1 atom stereocenters. The fourth-order valence-electron chi connectivity index (χ4n) is 4.15. The van der Waals surface area contributed by atoms with Gasteiger partial charge in [0.1, 0.15) is 5.75 Å². The molecule has 4 rings (SSSR count). The van der Waals surface area contributed by atoms with E-state index >= 15 is 0 Å². The molecule has 3 N–H and O–H groups in total. The second-order valence-electron chi connectivity index (χ2n) is 8.80. The van der Waals surface area contributed by atoms with Crippen molar-refractivity contribution >= 4 is 28.1 Å². The van der Waals surface area contributed by atoms with Gasteiger partial charge in [0.05, 0.1) is 43.8 Å². The predicted octanol–water partition coefficient (Wildman–Crippen LogP) is 1.67. The number of nitrogens with zero attached hydrogens (tertiary/aromatic N) is 5. The third-order valence-electron chi connectivity index (χ3n) is 5.92. The first kappa shape index (κ1) is 24.5. The first-order valence-electron chi connectivity index (χ1n) is 11.4. The molecular formula is C22H31N7O4S. The standard InChI is InChI=1S/C22H31N7O4S/c1-29(2,34(31)32)27-17-9-7-16(8-10-17)25-22-23-12-11-21(26-22)28-19-5-3-6-20(18(19)15-24-28)33-14-4-13-30/h3,5-6,11-12,15-17,27,30H,4,7-10,13-14H2,1-2H3,(H-,23,25,26,31,32). The van der Waals surface area contributed by atoms with E-state index in [-0.39, 0.29) is 22.7 Å². The van der Waals surface area contributed by atoms with Crippen LogP contribution in [0.4, 0.5) is 5.95 Å². The number of hydrogen-bond donors (Lipinski definition) is 3. The van der Waals surface area contributed by atoms with Crippen molar-refractivity contribution in [3.05, 3.63) is 36.7 Å². The summed E-state index contributed by atoms with van der Waals surface area (Å²) in [5.74, 6) is 1.90. The maximum absolute atomic E-state index is 11.3. The second-order valence-corrected chi connectivity index (χ2v) is 10.1. The minimum absolute atomic E-state index is 0.0857. The van der Waals surface area contributed by atoms with Crippen LogP contribution in [-0.2, 0) is 11.3 Å². The summed E-state index contributed by atoms with van der Waals surface area (Å²) in [4.78, 5) is 9.05. The summed E-state index contributed by atoms with van der Waals surface area (Å²) in [6.07, 6.45) is 7.52. The summed E-state index contributed by atoms with van der Waals surface area (Å²) in [5, 5.41) is 17.8. The molecule has 1 fully saturated rings. The maximum atomic E-state index is 11.3. The van der Waals surface area contributed by atoms with Gasteiger partial charge in [-0.15, -0.1) is 0 Å². The van der Waals surface area contributed by atoms with Crippen LogP contribution in [0.3, 0.4) is 0 Å². The van der Waals surface area contributed by atoms with E-state index in [0.29, 0.717) is 24.8 Å². The fourth-order valence-corrected chi connectivity index (χ4v) is 4.38. The fraction of sp³-hybridized carbons (Fsp3) is 0.500. The van der Waals surface area contributed by atoms with Crippen LogP contribution in [0.1, 0.15) is 32.1 Å². The summed E-state index contributed by atoms with van der Waals surface area (Å²) >= 11 is -2.23. The quantitative estimate of drug-likeness (QED) is 0.168. The number of ether oxygens (including phenoxy) is 1. The summed E-state index contributed by atoms with van der Waals surface area (Å²) in [6.45, 7) is 0.522. The molecule has 11 nitrogen and oxygen atoms in total. The van der Waals surface area contributed by atoms with E-state index in [1.807, 2.05) is 18.2 Å². The van der Waals surface area contributed by atoms with E-state index in [1.54, 1.807) is 37.2 Å². The molecule has 1 aliphatic rings. The van der Waals surface area contributed by atoms with Gasteiger partial charge >= 0.3 is 0 Å². The minimum Gasteiger partial charge on any atom is -0.723 e. The van der Waals surface area contributed by atoms with Gasteiger partial charge in [-0.2, -0.15) is 19.5 Å². The highest BCUT2D eigenvalue weighted by atomic mass is 32.2. The van der Waals surface area contributed by atoms with Crippen LogP contribution < -0.4 is 15.5 Å². The van der Waals surface area contributed by atoms with E-state index in [1.165, 1.54) is 0 Å². The van der Waals surface area contributed by atoms with Crippen LogP contribution in [0.25, 0.3) is 16.7 Å².